The van der Waals surface area contributed by atoms with Crippen molar-refractivity contribution in [3.63, 3.8) is 0 Å². The van der Waals surface area contributed by atoms with E-state index in [4.69, 9.17) is 50.8 Å². The number of piperazine rings is 1. The van der Waals surface area contributed by atoms with Crippen LogP contribution in [0.3, 0.4) is 0 Å². The van der Waals surface area contributed by atoms with Crippen molar-refractivity contribution < 1.29 is 9.21 Å². The molecule has 1 amide bonds. The lowest BCUT2D eigenvalue weighted by Crippen LogP contribution is -2.49. The Morgan fingerprint density at radius 2 is 1.73 bits per heavy atom. The second kappa shape index (κ2) is 8.34. The summed E-state index contributed by atoms with van der Waals surface area (Å²) in [5, 5.41) is 4.68. The van der Waals surface area contributed by atoms with E-state index in [-0.39, 0.29) is 31.7 Å². The Kier molecular flexibility index (Phi) is 5.76. The maximum Gasteiger partial charge on any atom is 0.258 e. The molecule has 0 aromatic carbocycles. The van der Waals surface area contributed by atoms with Crippen LogP contribution < -0.4 is 10.2 Å². The van der Waals surface area contributed by atoms with Crippen LogP contribution in [-0.4, -0.2) is 57.5 Å². The molecule has 1 saturated carbocycles. The van der Waals surface area contributed by atoms with Crippen molar-refractivity contribution in [2.75, 3.05) is 36.4 Å². The number of aromatic nitrogens is 3. The SMILES string of the molecule is Cc1nc(NC2(C)CC2)c2c(C(=O)N3CCN(c4nc(Cl)c(Cl)c(Cl)c4Cl)CC3)coc2n1. The molecule has 33 heavy (non-hydrogen) atoms. The van der Waals surface area contributed by atoms with Crippen LogP contribution >= 0.6 is 46.4 Å². The van der Waals surface area contributed by atoms with Gasteiger partial charge in [-0.1, -0.05) is 46.4 Å². The van der Waals surface area contributed by atoms with Gasteiger partial charge in [0.15, 0.2) is 11.0 Å². The summed E-state index contributed by atoms with van der Waals surface area (Å²) in [6.45, 7) is 5.84. The maximum atomic E-state index is 13.4. The number of anilines is 2. The Morgan fingerprint density at radius 3 is 2.39 bits per heavy atom. The number of amides is 1. The summed E-state index contributed by atoms with van der Waals surface area (Å²) in [6, 6.07) is 0. The van der Waals surface area contributed by atoms with E-state index in [1.165, 1.54) is 6.26 Å². The molecule has 4 heterocycles. The minimum Gasteiger partial charge on any atom is -0.445 e. The molecule has 2 aliphatic rings. The third-order valence-corrected chi connectivity index (χ3v) is 7.70. The van der Waals surface area contributed by atoms with E-state index in [1.54, 1.807) is 11.8 Å². The van der Waals surface area contributed by atoms with Crippen molar-refractivity contribution in [1.29, 1.82) is 0 Å². The fourth-order valence-corrected chi connectivity index (χ4v) is 4.71. The first-order valence-electron chi connectivity index (χ1n) is 10.4. The molecule has 12 heteroatoms. The summed E-state index contributed by atoms with van der Waals surface area (Å²) in [5.41, 5.74) is 0.834. The number of carbonyl (C=O) groups is 1. The molecule has 8 nitrogen and oxygen atoms in total. The maximum absolute atomic E-state index is 13.4. The summed E-state index contributed by atoms with van der Waals surface area (Å²) >= 11 is 24.6. The highest BCUT2D eigenvalue weighted by molar-refractivity contribution is 6.52. The lowest BCUT2D eigenvalue weighted by Gasteiger charge is -2.35. The zero-order valence-corrected chi connectivity index (χ0v) is 20.9. The second-order valence-corrected chi connectivity index (χ2v) is 10.1. The molecule has 1 aliphatic carbocycles. The predicted octanol–water partition coefficient (Wildman–Crippen LogP) is 5.47. The van der Waals surface area contributed by atoms with Gasteiger partial charge in [-0.25, -0.2) is 9.97 Å². The van der Waals surface area contributed by atoms with Gasteiger partial charge in [0.2, 0.25) is 5.71 Å². The Bertz CT molecular complexity index is 1270. The molecule has 2 fully saturated rings. The first-order valence-corrected chi connectivity index (χ1v) is 12.0. The van der Waals surface area contributed by atoms with Crippen molar-refractivity contribution in [3.05, 3.63) is 37.9 Å². The van der Waals surface area contributed by atoms with Crippen molar-refractivity contribution in [1.82, 2.24) is 19.9 Å². The quantitative estimate of drug-likeness (QED) is 0.448. The van der Waals surface area contributed by atoms with E-state index in [2.05, 4.69) is 27.2 Å². The van der Waals surface area contributed by atoms with Gasteiger partial charge in [0.25, 0.3) is 5.91 Å². The van der Waals surface area contributed by atoms with Crippen LogP contribution in [-0.2, 0) is 0 Å². The monoisotopic (exact) mass is 528 g/mol. The van der Waals surface area contributed by atoms with Crippen molar-refractivity contribution in [2.24, 2.45) is 0 Å². The highest BCUT2D eigenvalue weighted by atomic mass is 35.5. The van der Waals surface area contributed by atoms with Crippen molar-refractivity contribution in [2.45, 2.75) is 32.2 Å². The fraction of sp³-hybridized carbons (Fsp3) is 0.429. The van der Waals surface area contributed by atoms with Crippen molar-refractivity contribution in [3.8, 4) is 0 Å². The minimum absolute atomic E-state index is 0.00959. The third kappa shape index (κ3) is 4.18. The molecule has 1 saturated heterocycles. The summed E-state index contributed by atoms with van der Waals surface area (Å²) in [4.78, 5) is 30.3. The highest BCUT2D eigenvalue weighted by Crippen LogP contribution is 2.41. The molecule has 5 rings (SSSR count). The number of pyridine rings is 1. The molecule has 0 bridgehead atoms. The molecule has 3 aromatic rings. The zero-order valence-electron chi connectivity index (χ0n) is 17.9. The van der Waals surface area contributed by atoms with Gasteiger partial charge in [0, 0.05) is 31.7 Å². The van der Waals surface area contributed by atoms with Gasteiger partial charge in [-0.05, 0) is 26.7 Å². The number of aryl methyl sites for hydroxylation is 1. The third-order valence-electron chi connectivity index (χ3n) is 6.03. The van der Waals surface area contributed by atoms with Crippen LogP contribution in [0.25, 0.3) is 11.1 Å². The van der Waals surface area contributed by atoms with E-state index in [0.717, 1.165) is 12.8 Å². The molecular weight excluding hydrogens is 510 g/mol. The van der Waals surface area contributed by atoms with Crippen LogP contribution in [0, 0.1) is 6.92 Å². The smallest absolute Gasteiger partial charge is 0.258 e. The number of rotatable bonds is 4. The Morgan fingerprint density at radius 1 is 1.03 bits per heavy atom. The Hall–Kier alpha value is -2.00. The van der Waals surface area contributed by atoms with E-state index in [9.17, 15) is 4.79 Å². The molecule has 0 unspecified atom stereocenters. The van der Waals surface area contributed by atoms with E-state index >= 15 is 0 Å². The predicted molar refractivity (Wildman–Crippen MR) is 130 cm³/mol. The minimum atomic E-state index is -0.143. The number of hydrogen-bond donors (Lipinski definition) is 1. The number of nitrogens with zero attached hydrogens (tertiary/aromatic N) is 5. The van der Waals surface area contributed by atoms with Gasteiger partial charge in [-0.2, -0.15) is 4.98 Å². The summed E-state index contributed by atoms with van der Waals surface area (Å²) in [6.07, 6.45) is 3.57. The van der Waals surface area contributed by atoms with Gasteiger partial charge < -0.3 is 19.5 Å². The highest BCUT2D eigenvalue weighted by Gasteiger charge is 2.39. The number of carbonyl (C=O) groups excluding carboxylic acids is 1. The molecule has 174 valence electrons. The molecule has 0 radical (unpaired) electrons. The van der Waals surface area contributed by atoms with Gasteiger partial charge in [0.1, 0.15) is 22.9 Å². The number of halogens is 4. The molecule has 0 atom stereocenters. The van der Waals surface area contributed by atoms with Crippen LogP contribution in [0.2, 0.25) is 20.2 Å². The average Bonchev–Trinajstić information content (AvgIpc) is 3.36. The molecule has 1 N–H and O–H groups in total. The van der Waals surface area contributed by atoms with E-state index < -0.39 is 0 Å². The largest absolute Gasteiger partial charge is 0.445 e. The van der Waals surface area contributed by atoms with E-state index in [1.807, 2.05) is 4.90 Å². The summed E-state index contributed by atoms with van der Waals surface area (Å²) in [7, 11) is 0. The number of furan rings is 1. The molecule has 3 aromatic heterocycles. The Balaban J connectivity index is 1.38. The number of hydrogen-bond acceptors (Lipinski definition) is 7. The van der Waals surface area contributed by atoms with Gasteiger partial charge in [0.05, 0.1) is 21.0 Å². The summed E-state index contributed by atoms with van der Waals surface area (Å²) in [5.74, 6) is 1.52. The van der Waals surface area contributed by atoms with Crippen LogP contribution in [0.5, 0.6) is 0 Å². The first-order chi connectivity index (χ1) is 15.7. The molecular formula is C21H20Cl4N6O2. The second-order valence-electron chi connectivity index (χ2n) is 8.58. The van der Waals surface area contributed by atoms with Crippen LogP contribution in [0.4, 0.5) is 11.6 Å². The summed E-state index contributed by atoms with van der Waals surface area (Å²) < 4.78 is 5.64. The van der Waals surface area contributed by atoms with Crippen LogP contribution in [0.1, 0.15) is 35.9 Å². The zero-order chi connectivity index (χ0) is 23.5. The van der Waals surface area contributed by atoms with E-state index in [0.29, 0.717) is 60.3 Å². The first kappa shape index (κ1) is 22.8. The molecule has 1 aliphatic heterocycles. The number of nitrogens with one attached hydrogen (secondary N) is 1. The van der Waals surface area contributed by atoms with Crippen molar-refractivity contribution >= 4 is 75.0 Å². The lowest BCUT2D eigenvalue weighted by atomic mass is 10.1. The average molecular weight is 530 g/mol. The Labute approximate surface area is 210 Å². The standard InChI is InChI=1S/C21H20Cl4N6O2/c1-10-26-17(29-21(2)3-4-21)12-11(9-33-19(12)27-10)20(32)31-7-5-30(6-8-31)18-15(24)13(22)14(23)16(25)28-18/h9H,3-8H2,1-2H3,(H,26,27,29). The van der Waals surface area contributed by atoms with Crippen LogP contribution in [0.15, 0.2) is 10.7 Å². The normalized spacial score (nSPS) is 17.5. The topological polar surface area (TPSA) is 87.4 Å². The lowest BCUT2D eigenvalue weighted by molar-refractivity contribution is 0.0747. The van der Waals surface area contributed by atoms with Gasteiger partial charge >= 0.3 is 0 Å². The number of fused-ring (bicyclic) bond motifs is 1. The van der Waals surface area contributed by atoms with Gasteiger partial charge in [-0.3, -0.25) is 4.79 Å². The fourth-order valence-electron chi connectivity index (χ4n) is 3.87. The van der Waals surface area contributed by atoms with Gasteiger partial charge in [-0.15, -0.1) is 0 Å². The molecule has 0 spiro atoms.